The van der Waals surface area contributed by atoms with Gasteiger partial charge in [0.2, 0.25) is 0 Å². The van der Waals surface area contributed by atoms with Gasteiger partial charge in [0.15, 0.2) is 0 Å². The number of nitrogens with one attached hydrogen (secondary N) is 1. The number of thioether (sulfide) groups is 1. The summed E-state index contributed by atoms with van der Waals surface area (Å²) in [6.45, 7) is 0.414. The van der Waals surface area contributed by atoms with E-state index in [4.69, 9.17) is 17.0 Å². The van der Waals surface area contributed by atoms with Crippen molar-refractivity contribution in [2.45, 2.75) is 18.9 Å². The zero-order chi connectivity index (χ0) is 9.97. The summed E-state index contributed by atoms with van der Waals surface area (Å²) in [5, 5.41) is 3.21. The van der Waals surface area contributed by atoms with Gasteiger partial charge in [-0.05, 0) is 18.9 Å². The van der Waals surface area contributed by atoms with Crippen LogP contribution in [0.4, 0.5) is 0 Å². The molecule has 1 aliphatic carbocycles. The third kappa shape index (κ3) is 2.72. The maximum absolute atomic E-state index is 11.1. The van der Waals surface area contributed by atoms with Gasteiger partial charge in [-0.3, -0.25) is 0 Å². The lowest BCUT2D eigenvalue weighted by Gasteiger charge is -2.04. The highest BCUT2D eigenvalue weighted by atomic mass is 32.2. The van der Waals surface area contributed by atoms with E-state index in [1.165, 1.54) is 24.6 Å². The molecule has 1 saturated carbocycles. The number of carbonyl (C=O) groups is 1. The van der Waals surface area contributed by atoms with Crippen molar-refractivity contribution >= 4 is 34.3 Å². The Morgan fingerprint density at radius 2 is 2.50 bits per heavy atom. The fourth-order valence-electron chi connectivity index (χ4n) is 1.09. The van der Waals surface area contributed by atoms with E-state index >= 15 is 0 Å². The smallest absolute Gasteiger partial charge is 0.334 e. The van der Waals surface area contributed by atoms with Crippen molar-refractivity contribution in [3.63, 3.8) is 0 Å². The first-order chi connectivity index (χ1) is 6.75. The van der Waals surface area contributed by atoms with Crippen molar-refractivity contribution in [2.24, 2.45) is 0 Å². The largest absolute Gasteiger partial charge is 0.458 e. The van der Waals surface area contributed by atoms with Crippen LogP contribution in [-0.2, 0) is 9.53 Å². The van der Waals surface area contributed by atoms with Crippen LogP contribution < -0.4 is 5.32 Å². The minimum atomic E-state index is -0.202. The predicted molar refractivity (Wildman–Crippen MR) is 60.3 cm³/mol. The first-order valence-corrected chi connectivity index (χ1v) is 5.94. The first-order valence-electron chi connectivity index (χ1n) is 4.55. The van der Waals surface area contributed by atoms with Crippen LogP contribution in [-0.4, -0.2) is 28.7 Å². The third-order valence-corrected chi connectivity index (χ3v) is 3.37. The molecule has 2 rings (SSSR count). The van der Waals surface area contributed by atoms with Crippen LogP contribution in [0, 0.1) is 0 Å². The van der Waals surface area contributed by atoms with Crippen LogP contribution in [0.3, 0.4) is 0 Å². The zero-order valence-corrected chi connectivity index (χ0v) is 9.25. The molecule has 0 spiro atoms. The molecule has 0 amide bonds. The molecular weight excluding hydrogens is 218 g/mol. The molecule has 0 aromatic rings. The topological polar surface area (TPSA) is 38.3 Å². The Kier molecular flexibility index (Phi) is 3.08. The van der Waals surface area contributed by atoms with E-state index < -0.39 is 0 Å². The van der Waals surface area contributed by atoms with Crippen LogP contribution in [0.25, 0.3) is 0 Å². The highest BCUT2D eigenvalue weighted by molar-refractivity contribution is 8.23. The molecule has 0 aromatic carbocycles. The Morgan fingerprint density at radius 3 is 3.07 bits per heavy atom. The second-order valence-corrected chi connectivity index (χ2v) is 4.97. The van der Waals surface area contributed by atoms with E-state index in [-0.39, 0.29) is 5.97 Å². The Balaban J connectivity index is 1.70. The lowest BCUT2D eigenvalue weighted by Crippen LogP contribution is -2.21. The van der Waals surface area contributed by atoms with Crippen molar-refractivity contribution in [1.82, 2.24) is 5.32 Å². The average Bonchev–Trinajstić information content (AvgIpc) is 2.86. The SMILES string of the molecule is O=C1OCC=C1CSC(=S)NC1CC1. The molecule has 1 fully saturated rings. The summed E-state index contributed by atoms with van der Waals surface area (Å²) in [5.41, 5.74) is 0.731. The number of hydrogen-bond acceptors (Lipinski definition) is 4. The average molecular weight is 229 g/mol. The van der Waals surface area contributed by atoms with Gasteiger partial charge in [0.1, 0.15) is 10.9 Å². The molecule has 5 heteroatoms. The van der Waals surface area contributed by atoms with Crippen molar-refractivity contribution < 1.29 is 9.53 Å². The van der Waals surface area contributed by atoms with Crippen molar-refractivity contribution in [3.05, 3.63) is 11.6 Å². The van der Waals surface area contributed by atoms with Gasteiger partial charge in [-0.15, -0.1) is 0 Å². The minimum Gasteiger partial charge on any atom is -0.458 e. The van der Waals surface area contributed by atoms with Crippen LogP contribution in [0.5, 0.6) is 0 Å². The van der Waals surface area contributed by atoms with E-state index in [1.54, 1.807) is 0 Å². The van der Waals surface area contributed by atoms with Crippen LogP contribution in [0.1, 0.15) is 12.8 Å². The summed E-state index contributed by atoms with van der Waals surface area (Å²) >= 11 is 6.61. The molecule has 0 radical (unpaired) electrons. The van der Waals surface area contributed by atoms with Gasteiger partial charge in [-0.25, -0.2) is 4.79 Å². The Labute approximate surface area is 92.3 Å². The molecule has 1 heterocycles. The highest BCUT2D eigenvalue weighted by Crippen LogP contribution is 2.21. The number of thiocarbonyl (C=S) groups is 1. The molecule has 1 N–H and O–H groups in total. The Morgan fingerprint density at radius 1 is 1.71 bits per heavy atom. The van der Waals surface area contributed by atoms with Gasteiger partial charge >= 0.3 is 5.97 Å². The molecule has 0 saturated heterocycles. The Hall–Kier alpha value is -0.550. The second-order valence-electron chi connectivity index (χ2n) is 3.32. The van der Waals surface area contributed by atoms with E-state index in [0.29, 0.717) is 18.4 Å². The minimum absolute atomic E-state index is 0.202. The number of ether oxygens (including phenoxy) is 1. The van der Waals surface area contributed by atoms with Gasteiger partial charge in [-0.1, -0.05) is 24.0 Å². The standard InChI is InChI=1S/C9H11NO2S2/c11-8-6(3-4-12-8)5-14-9(13)10-7-1-2-7/h3,7H,1-2,4-5H2,(H,10,13). The first kappa shape index (κ1) is 9.98. The molecule has 0 atom stereocenters. The number of carbonyl (C=O) groups excluding carboxylic acids is 1. The fourth-order valence-corrected chi connectivity index (χ4v) is 2.21. The van der Waals surface area contributed by atoms with Crippen molar-refractivity contribution in [2.75, 3.05) is 12.4 Å². The van der Waals surface area contributed by atoms with Crippen LogP contribution in [0.2, 0.25) is 0 Å². The third-order valence-electron chi connectivity index (χ3n) is 2.06. The van der Waals surface area contributed by atoms with Gasteiger partial charge in [-0.2, -0.15) is 0 Å². The lowest BCUT2D eigenvalue weighted by molar-refractivity contribution is -0.135. The summed E-state index contributed by atoms with van der Waals surface area (Å²) in [4.78, 5) is 11.1. The normalized spacial score (nSPS) is 20.3. The number of cyclic esters (lactones) is 1. The van der Waals surface area contributed by atoms with Crippen LogP contribution >= 0.6 is 24.0 Å². The molecule has 76 valence electrons. The quantitative estimate of drug-likeness (QED) is 0.582. The lowest BCUT2D eigenvalue weighted by atomic mass is 10.3. The van der Waals surface area contributed by atoms with Gasteiger partial charge in [0, 0.05) is 17.4 Å². The summed E-state index contributed by atoms with van der Waals surface area (Å²) < 4.78 is 5.57. The molecule has 14 heavy (non-hydrogen) atoms. The van der Waals surface area contributed by atoms with Gasteiger partial charge in [0.25, 0.3) is 0 Å². The molecule has 0 bridgehead atoms. The fraction of sp³-hybridized carbons (Fsp3) is 0.556. The zero-order valence-electron chi connectivity index (χ0n) is 7.62. The monoisotopic (exact) mass is 229 g/mol. The van der Waals surface area contributed by atoms with Crippen molar-refractivity contribution in [3.8, 4) is 0 Å². The number of esters is 1. The maximum Gasteiger partial charge on any atom is 0.334 e. The van der Waals surface area contributed by atoms with Crippen molar-refractivity contribution in [1.29, 1.82) is 0 Å². The number of hydrogen-bond donors (Lipinski definition) is 1. The summed E-state index contributed by atoms with van der Waals surface area (Å²) in [7, 11) is 0. The van der Waals surface area contributed by atoms with Crippen LogP contribution in [0.15, 0.2) is 11.6 Å². The van der Waals surface area contributed by atoms with E-state index in [9.17, 15) is 4.79 Å². The molecule has 0 unspecified atom stereocenters. The van der Waals surface area contributed by atoms with Gasteiger partial charge < -0.3 is 10.1 Å². The second kappa shape index (κ2) is 4.31. The molecule has 3 nitrogen and oxygen atoms in total. The Bertz CT molecular complexity index is 297. The van der Waals surface area contributed by atoms with E-state index in [1.807, 2.05) is 6.08 Å². The summed E-state index contributed by atoms with van der Waals surface area (Å²) in [5.74, 6) is 0.420. The maximum atomic E-state index is 11.1. The van der Waals surface area contributed by atoms with E-state index in [0.717, 1.165) is 9.89 Å². The molecular formula is C9H11NO2S2. The van der Waals surface area contributed by atoms with Gasteiger partial charge in [0.05, 0.1) is 0 Å². The molecule has 2 aliphatic rings. The predicted octanol–water partition coefficient (Wildman–Crippen LogP) is 1.24. The highest BCUT2D eigenvalue weighted by Gasteiger charge is 2.23. The molecule has 1 aliphatic heterocycles. The summed E-state index contributed by atoms with van der Waals surface area (Å²) in [6.07, 6.45) is 4.24. The number of rotatable bonds is 3. The van der Waals surface area contributed by atoms with E-state index in [2.05, 4.69) is 5.32 Å². The summed E-state index contributed by atoms with van der Waals surface area (Å²) in [6, 6.07) is 0.583. The molecule has 0 aromatic heterocycles.